The largest absolute Gasteiger partial charge is 0.764 e. The van der Waals surface area contributed by atoms with Crippen LogP contribution < -0.4 is 0 Å². The van der Waals surface area contributed by atoms with Crippen molar-refractivity contribution >= 4 is 9.05 Å². The lowest BCUT2D eigenvalue weighted by atomic mass is 10.4. The first-order valence-corrected chi connectivity index (χ1v) is 8.44. The molecule has 0 unspecified atom stereocenters. The second-order valence-corrected chi connectivity index (χ2v) is 5.76. The van der Waals surface area contributed by atoms with E-state index in [0.717, 1.165) is 13.0 Å². The first-order valence-electron chi connectivity index (χ1n) is 6.80. The Balaban J connectivity index is 4.41. The van der Waals surface area contributed by atoms with Gasteiger partial charge in [0.25, 0.3) is 0 Å². The van der Waals surface area contributed by atoms with Crippen molar-refractivity contribution in [2.24, 2.45) is 0 Å². The molecule has 20 heavy (non-hydrogen) atoms. The van der Waals surface area contributed by atoms with Crippen LogP contribution in [0.4, 0.5) is 0 Å². The van der Waals surface area contributed by atoms with Crippen molar-refractivity contribution in [1.29, 1.82) is 0 Å². The molecule has 0 rings (SSSR count). The van der Waals surface area contributed by atoms with E-state index in [-0.39, 0.29) is 0 Å². The SMILES string of the molecule is CCOO[Si](OCCCN(C)C)(OOCC)OOCC. The molecule has 0 aliphatic carbocycles. The van der Waals surface area contributed by atoms with Crippen LogP contribution in [-0.4, -0.2) is 61.0 Å². The van der Waals surface area contributed by atoms with Gasteiger partial charge in [0.1, 0.15) is 0 Å². The highest BCUT2D eigenvalue weighted by Gasteiger charge is 2.52. The van der Waals surface area contributed by atoms with Crippen molar-refractivity contribution in [2.45, 2.75) is 27.2 Å². The van der Waals surface area contributed by atoms with E-state index >= 15 is 0 Å². The van der Waals surface area contributed by atoms with Gasteiger partial charge >= 0.3 is 9.05 Å². The van der Waals surface area contributed by atoms with Crippen LogP contribution in [0.3, 0.4) is 0 Å². The van der Waals surface area contributed by atoms with Crippen molar-refractivity contribution in [3.8, 4) is 0 Å². The van der Waals surface area contributed by atoms with Crippen molar-refractivity contribution < 1.29 is 32.8 Å². The molecule has 0 bridgehead atoms. The average molecular weight is 313 g/mol. The van der Waals surface area contributed by atoms with Crippen LogP contribution >= 0.6 is 0 Å². The molecular formula is C11H27NO7Si. The van der Waals surface area contributed by atoms with Crippen molar-refractivity contribution in [1.82, 2.24) is 4.90 Å². The predicted octanol–water partition coefficient (Wildman–Crippen LogP) is 1.29. The lowest BCUT2D eigenvalue weighted by molar-refractivity contribution is -0.385. The Morgan fingerprint density at radius 3 is 1.60 bits per heavy atom. The molecule has 0 aliphatic heterocycles. The monoisotopic (exact) mass is 313 g/mol. The van der Waals surface area contributed by atoms with Gasteiger partial charge in [-0.2, -0.15) is 13.7 Å². The van der Waals surface area contributed by atoms with E-state index in [1.54, 1.807) is 20.8 Å². The summed E-state index contributed by atoms with van der Waals surface area (Å²) in [5, 5.41) is 0. The second kappa shape index (κ2) is 12.6. The summed E-state index contributed by atoms with van der Waals surface area (Å²) in [4.78, 5) is 16.7. The fraction of sp³-hybridized carbons (Fsp3) is 1.00. The highest BCUT2D eigenvalue weighted by Crippen LogP contribution is 2.14. The third kappa shape index (κ3) is 9.75. The van der Waals surface area contributed by atoms with Gasteiger partial charge in [-0.3, -0.25) is 0 Å². The molecule has 0 radical (unpaired) electrons. The van der Waals surface area contributed by atoms with Crippen LogP contribution in [0.1, 0.15) is 27.2 Å². The van der Waals surface area contributed by atoms with Crippen LogP contribution in [0.25, 0.3) is 0 Å². The lowest BCUT2D eigenvalue weighted by Gasteiger charge is -2.24. The first kappa shape index (κ1) is 19.9. The molecule has 0 saturated heterocycles. The summed E-state index contributed by atoms with van der Waals surface area (Å²) in [6.45, 7) is 7.51. The van der Waals surface area contributed by atoms with Crippen LogP contribution in [0, 0.1) is 0 Å². The topological polar surface area (TPSA) is 67.9 Å². The van der Waals surface area contributed by atoms with E-state index in [2.05, 4.69) is 0 Å². The standard InChI is InChI=1S/C11H27NO7Si/c1-6-13-17-20(18-14-7-2,19-15-8-3)16-11-9-10-12(4)5/h6-11H2,1-5H3. The Morgan fingerprint density at radius 1 is 0.800 bits per heavy atom. The number of hydrogen-bond acceptors (Lipinski definition) is 8. The Bertz CT molecular complexity index is 199. The molecule has 0 aliphatic rings. The highest BCUT2D eigenvalue weighted by atomic mass is 28.4. The van der Waals surface area contributed by atoms with Gasteiger partial charge in [-0.05, 0) is 47.8 Å². The van der Waals surface area contributed by atoms with Crippen LogP contribution in [0.15, 0.2) is 0 Å². The zero-order valence-corrected chi connectivity index (χ0v) is 14.0. The zero-order valence-electron chi connectivity index (χ0n) is 13.0. The van der Waals surface area contributed by atoms with Crippen molar-refractivity contribution in [2.75, 3.05) is 47.1 Å². The molecule has 122 valence electrons. The predicted molar refractivity (Wildman–Crippen MR) is 73.0 cm³/mol. The van der Waals surface area contributed by atoms with E-state index in [0.29, 0.717) is 26.4 Å². The van der Waals surface area contributed by atoms with E-state index in [1.165, 1.54) is 0 Å². The Morgan fingerprint density at radius 2 is 1.25 bits per heavy atom. The zero-order chi connectivity index (χ0) is 15.3. The minimum absolute atomic E-state index is 0.320. The van der Waals surface area contributed by atoms with Crippen LogP contribution in [0.2, 0.25) is 0 Å². The molecule has 8 nitrogen and oxygen atoms in total. The summed E-state index contributed by atoms with van der Waals surface area (Å²) < 4.78 is 20.9. The molecule has 0 amide bonds. The minimum Gasteiger partial charge on any atom is -0.347 e. The maximum Gasteiger partial charge on any atom is 0.764 e. The van der Waals surface area contributed by atoms with Crippen molar-refractivity contribution in [3.05, 3.63) is 0 Å². The fourth-order valence-electron chi connectivity index (χ4n) is 1.09. The number of nitrogens with zero attached hydrogens (tertiary/aromatic N) is 1. The molecule has 9 heteroatoms. The van der Waals surface area contributed by atoms with Gasteiger partial charge in [-0.1, -0.05) is 0 Å². The summed E-state index contributed by atoms with van der Waals surface area (Å²) >= 11 is 0. The number of rotatable bonds is 14. The van der Waals surface area contributed by atoms with E-state index < -0.39 is 9.05 Å². The first-order chi connectivity index (χ1) is 9.60. The molecule has 0 aromatic heterocycles. The van der Waals surface area contributed by atoms with Gasteiger partial charge in [0.2, 0.25) is 0 Å². The minimum atomic E-state index is -3.62. The third-order valence-electron chi connectivity index (χ3n) is 1.87. The molecule has 0 heterocycles. The van der Waals surface area contributed by atoms with Gasteiger partial charge in [-0.25, -0.2) is 14.7 Å². The van der Waals surface area contributed by atoms with Gasteiger partial charge in [-0.15, -0.1) is 0 Å². The molecule has 0 atom stereocenters. The Labute approximate surface area is 122 Å². The maximum atomic E-state index is 5.56. The molecule has 0 fully saturated rings. The van der Waals surface area contributed by atoms with E-state index in [1.807, 2.05) is 19.0 Å². The second-order valence-electron chi connectivity index (χ2n) is 3.97. The lowest BCUT2D eigenvalue weighted by Crippen LogP contribution is -2.49. The molecule has 0 saturated carbocycles. The Kier molecular flexibility index (Phi) is 12.6. The summed E-state index contributed by atoms with van der Waals surface area (Å²) in [6, 6.07) is 0. The maximum absolute atomic E-state index is 5.56. The molecular weight excluding hydrogens is 286 g/mol. The van der Waals surface area contributed by atoms with Gasteiger partial charge in [0, 0.05) is 6.61 Å². The summed E-state index contributed by atoms with van der Waals surface area (Å²) in [7, 11) is 0.346. The number of hydrogen-bond donors (Lipinski definition) is 0. The third-order valence-corrected chi connectivity index (χ3v) is 3.39. The Hall–Kier alpha value is -0.103. The highest BCUT2D eigenvalue weighted by molar-refractivity contribution is 6.52. The van der Waals surface area contributed by atoms with Gasteiger partial charge < -0.3 is 9.33 Å². The fourth-order valence-corrected chi connectivity index (χ4v) is 2.49. The molecule has 0 aromatic carbocycles. The smallest absolute Gasteiger partial charge is 0.347 e. The summed E-state index contributed by atoms with van der Waals surface area (Å²) in [6.07, 6.45) is 0.780. The van der Waals surface area contributed by atoms with Crippen LogP contribution in [-0.2, 0) is 32.8 Å². The van der Waals surface area contributed by atoms with Gasteiger partial charge in [0.05, 0.1) is 19.8 Å². The molecule has 0 N–H and O–H groups in total. The van der Waals surface area contributed by atoms with Crippen LogP contribution in [0.5, 0.6) is 0 Å². The molecule has 0 spiro atoms. The van der Waals surface area contributed by atoms with Gasteiger partial charge in [0.15, 0.2) is 0 Å². The summed E-state index contributed by atoms with van der Waals surface area (Å²) in [5.41, 5.74) is 0. The van der Waals surface area contributed by atoms with E-state index in [4.69, 9.17) is 32.8 Å². The summed E-state index contributed by atoms with van der Waals surface area (Å²) in [5.74, 6) is 0. The average Bonchev–Trinajstić information content (AvgIpc) is 2.44. The molecule has 0 aromatic rings. The normalized spacial score (nSPS) is 12.3. The van der Waals surface area contributed by atoms with E-state index in [9.17, 15) is 0 Å². The quantitative estimate of drug-likeness (QED) is 0.206. The van der Waals surface area contributed by atoms with Crippen molar-refractivity contribution in [3.63, 3.8) is 0 Å².